The van der Waals surface area contributed by atoms with Crippen LogP contribution >= 0.6 is 11.6 Å². The topological polar surface area (TPSA) is 61.1 Å². The van der Waals surface area contributed by atoms with Crippen molar-refractivity contribution in [1.82, 2.24) is 0 Å². The second-order valence-corrected chi connectivity index (χ2v) is 2.08. The third-order valence-corrected chi connectivity index (χ3v) is 1.22. The van der Waals surface area contributed by atoms with Gasteiger partial charge in [0, 0.05) is 5.56 Å². The van der Waals surface area contributed by atoms with Crippen LogP contribution in [0.4, 0.5) is 0 Å². The van der Waals surface area contributed by atoms with E-state index in [9.17, 15) is 4.79 Å². The molecule has 4 heteroatoms. The number of nitrogens with zero attached hydrogens (tertiary/aromatic N) is 1. The molecule has 0 atom stereocenters. The molecule has 62 valence electrons. The summed E-state index contributed by atoms with van der Waals surface area (Å²) >= 11 is 5.16. The molecule has 1 N–H and O–H groups in total. The number of benzene rings is 1. The molecule has 0 saturated carbocycles. The summed E-state index contributed by atoms with van der Waals surface area (Å²) in [6, 6.07) is 8.74. The lowest BCUT2D eigenvalue weighted by molar-refractivity contribution is 0.108. The Morgan fingerprint density at radius 3 is 2.08 bits per heavy atom. The molecule has 0 radical (unpaired) electrons. The molecule has 12 heavy (non-hydrogen) atoms. The van der Waals surface area contributed by atoms with Crippen molar-refractivity contribution in [3.8, 4) is 6.26 Å². The number of halogens is 1. The third-order valence-electron chi connectivity index (χ3n) is 1.00. The number of rotatable bonds is 1. The fraction of sp³-hybridized carbons (Fsp3) is 0. The minimum Gasteiger partial charge on any atom is -0.443 e. The van der Waals surface area contributed by atoms with Gasteiger partial charge in [-0.25, -0.2) is 0 Å². The largest absolute Gasteiger partial charge is 0.443 e. The first kappa shape index (κ1) is 10.5. The van der Waals surface area contributed by atoms with Crippen molar-refractivity contribution in [3.63, 3.8) is 0 Å². The van der Waals surface area contributed by atoms with Crippen molar-refractivity contribution in [2.75, 3.05) is 0 Å². The van der Waals surface area contributed by atoms with Gasteiger partial charge in [-0.05, 0) is 11.6 Å². The van der Waals surface area contributed by atoms with Crippen LogP contribution in [-0.2, 0) is 0 Å². The van der Waals surface area contributed by atoms with E-state index in [0.29, 0.717) is 5.56 Å². The molecule has 0 unspecified atom stereocenters. The fourth-order valence-electron chi connectivity index (χ4n) is 0.569. The Labute approximate surface area is 74.8 Å². The summed E-state index contributed by atoms with van der Waals surface area (Å²) in [5, 5.41) is 13.3. The Morgan fingerprint density at radius 1 is 1.42 bits per heavy atom. The predicted molar refractivity (Wildman–Crippen MR) is 44.2 cm³/mol. The van der Waals surface area contributed by atoms with Gasteiger partial charge < -0.3 is 5.11 Å². The highest BCUT2D eigenvalue weighted by molar-refractivity contribution is 6.67. The highest BCUT2D eigenvalue weighted by Crippen LogP contribution is 2.01. The Balaban J connectivity index is 0.000000354. The van der Waals surface area contributed by atoms with Crippen molar-refractivity contribution in [2.45, 2.75) is 0 Å². The maximum absolute atomic E-state index is 10.4. The van der Waals surface area contributed by atoms with Crippen LogP contribution in [0, 0.1) is 11.5 Å². The normalized spacial score (nSPS) is 7.33. The molecule has 1 aromatic rings. The van der Waals surface area contributed by atoms with E-state index < -0.39 is 5.24 Å². The van der Waals surface area contributed by atoms with E-state index in [1.165, 1.54) is 0 Å². The maximum atomic E-state index is 10.4. The van der Waals surface area contributed by atoms with Crippen LogP contribution in [0.5, 0.6) is 0 Å². The summed E-state index contributed by atoms with van der Waals surface area (Å²) in [7, 11) is 0. The second-order valence-electron chi connectivity index (χ2n) is 1.74. The summed E-state index contributed by atoms with van der Waals surface area (Å²) in [6.45, 7) is 0. The molecule has 3 nitrogen and oxygen atoms in total. The van der Waals surface area contributed by atoms with Gasteiger partial charge in [0.05, 0.1) is 0 Å². The lowest BCUT2D eigenvalue weighted by atomic mass is 10.2. The van der Waals surface area contributed by atoms with E-state index in [2.05, 4.69) is 0 Å². The molecule has 0 bridgehead atoms. The maximum Gasteiger partial charge on any atom is 0.283 e. The molecule has 1 aromatic carbocycles. The molecule has 0 fully saturated rings. The zero-order valence-corrected chi connectivity index (χ0v) is 6.82. The minimum absolute atomic E-state index is 0.407. The number of carbonyl (C=O) groups is 1. The van der Waals surface area contributed by atoms with E-state index in [4.69, 9.17) is 22.0 Å². The first-order chi connectivity index (χ1) is 5.72. The first-order valence-electron chi connectivity index (χ1n) is 3.00. The minimum atomic E-state index is -0.407. The molecule has 0 spiro atoms. The zero-order valence-electron chi connectivity index (χ0n) is 6.07. The SMILES string of the molecule is N#CO.O=C(Cl)c1ccccc1. The van der Waals surface area contributed by atoms with Gasteiger partial charge in [-0.15, -0.1) is 0 Å². The van der Waals surface area contributed by atoms with E-state index in [1.807, 2.05) is 6.07 Å². The van der Waals surface area contributed by atoms with Crippen LogP contribution in [0.15, 0.2) is 30.3 Å². The lowest BCUT2D eigenvalue weighted by Crippen LogP contribution is -1.84. The van der Waals surface area contributed by atoms with E-state index in [0.717, 1.165) is 6.26 Å². The van der Waals surface area contributed by atoms with E-state index >= 15 is 0 Å². The first-order valence-corrected chi connectivity index (χ1v) is 3.38. The Bertz CT molecular complexity index is 279. The Hall–Kier alpha value is -1.53. The molecule has 0 aliphatic carbocycles. The number of carbonyl (C=O) groups excluding carboxylic acids is 1. The Kier molecular flexibility index (Phi) is 5.41. The van der Waals surface area contributed by atoms with Gasteiger partial charge in [-0.2, -0.15) is 5.26 Å². The molecular formula is C8H6ClNO2. The lowest BCUT2D eigenvalue weighted by Gasteiger charge is -1.87. The van der Waals surface area contributed by atoms with Gasteiger partial charge in [0.15, 0.2) is 0 Å². The van der Waals surface area contributed by atoms with Crippen molar-refractivity contribution in [1.29, 1.82) is 5.26 Å². The van der Waals surface area contributed by atoms with E-state index in [1.54, 1.807) is 24.3 Å². The quantitative estimate of drug-likeness (QED) is 0.534. The van der Waals surface area contributed by atoms with Crippen LogP contribution in [0.3, 0.4) is 0 Å². The van der Waals surface area contributed by atoms with Gasteiger partial charge in [0.1, 0.15) is 0 Å². The third kappa shape index (κ3) is 4.31. The monoisotopic (exact) mass is 183 g/mol. The highest BCUT2D eigenvalue weighted by Gasteiger charge is 1.95. The summed E-state index contributed by atoms with van der Waals surface area (Å²) in [4.78, 5) is 10.4. The molecule has 0 aromatic heterocycles. The summed E-state index contributed by atoms with van der Waals surface area (Å²) < 4.78 is 0. The van der Waals surface area contributed by atoms with Gasteiger partial charge >= 0.3 is 0 Å². The molecule has 0 heterocycles. The van der Waals surface area contributed by atoms with Crippen molar-refractivity contribution in [3.05, 3.63) is 35.9 Å². The Morgan fingerprint density at radius 2 is 1.83 bits per heavy atom. The molecule has 0 amide bonds. The van der Waals surface area contributed by atoms with Crippen LogP contribution < -0.4 is 0 Å². The molecule has 0 aliphatic rings. The summed E-state index contributed by atoms with van der Waals surface area (Å²) in [5.74, 6) is 0. The van der Waals surface area contributed by atoms with Crippen LogP contribution in [0.25, 0.3) is 0 Å². The highest BCUT2D eigenvalue weighted by atomic mass is 35.5. The average molecular weight is 184 g/mol. The molecule has 1 rings (SSSR count). The van der Waals surface area contributed by atoms with Crippen molar-refractivity contribution in [2.24, 2.45) is 0 Å². The van der Waals surface area contributed by atoms with Crippen molar-refractivity contribution >= 4 is 16.8 Å². The second kappa shape index (κ2) is 6.20. The summed E-state index contributed by atoms with van der Waals surface area (Å²) in [6.07, 6.45) is 0.750. The van der Waals surface area contributed by atoms with Gasteiger partial charge in [-0.1, -0.05) is 30.3 Å². The van der Waals surface area contributed by atoms with Crippen LogP contribution in [-0.4, -0.2) is 10.3 Å². The van der Waals surface area contributed by atoms with Crippen molar-refractivity contribution < 1.29 is 9.90 Å². The number of hydrogen-bond acceptors (Lipinski definition) is 3. The zero-order chi connectivity index (χ0) is 9.40. The van der Waals surface area contributed by atoms with E-state index in [-0.39, 0.29) is 0 Å². The number of hydrogen-bond donors (Lipinski definition) is 1. The molecule has 0 saturated heterocycles. The molecule has 0 aliphatic heterocycles. The van der Waals surface area contributed by atoms with Gasteiger partial charge in [-0.3, -0.25) is 4.79 Å². The number of aliphatic hydroxyl groups is 1. The average Bonchev–Trinajstić information content (AvgIpc) is 2.07. The van der Waals surface area contributed by atoms with Gasteiger partial charge in [0.25, 0.3) is 11.5 Å². The predicted octanol–water partition coefficient (Wildman–Crippen LogP) is 1.91. The smallest absolute Gasteiger partial charge is 0.283 e. The van der Waals surface area contributed by atoms with Crippen LogP contribution in [0.2, 0.25) is 0 Å². The number of nitriles is 1. The summed E-state index contributed by atoms with van der Waals surface area (Å²) in [5.41, 5.74) is 0.541. The molecular weight excluding hydrogens is 178 g/mol. The fourth-order valence-corrected chi connectivity index (χ4v) is 0.695. The van der Waals surface area contributed by atoms with Crippen LogP contribution in [0.1, 0.15) is 10.4 Å². The van der Waals surface area contributed by atoms with Gasteiger partial charge in [0.2, 0.25) is 0 Å². The number of aliphatic hydroxyl groups excluding tert-OH is 1. The standard InChI is InChI=1S/C7H5ClO.CHNO/c8-7(9)6-4-2-1-3-5-6;2-1-3/h1-5H;3H.